The summed E-state index contributed by atoms with van der Waals surface area (Å²) in [6.45, 7) is 3.85. The average molecular weight is 214 g/mol. The van der Waals surface area contributed by atoms with Crippen molar-refractivity contribution in [3.63, 3.8) is 0 Å². The van der Waals surface area contributed by atoms with Crippen molar-refractivity contribution in [3.8, 4) is 11.5 Å². The van der Waals surface area contributed by atoms with Crippen LogP contribution in [0.5, 0.6) is 11.5 Å². The molecular weight excluding hydrogens is 202 g/mol. The highest BCUT2D eigenvalue weighted by molar-refractivity contribution is 6.32. The lowest BCUT2D eigenvalue weighted by molar-refractivity contribution is 0.242. The quantitative estimate of drug-likeness (QED) is 0.776. The molecule has 1 N–H and O–H groups in total. The van der Waals surface area contributed by atoms with Crippen molar-refractivity contribution in [1.29, 1.82) is 0 Å². The molecule has 0 saturated heterocycles. The van der Waals surface area contributed by atoms with Gasteiger partial charge in [-0.3, -0.25) is 0 Å². The first-order chi connectivity index (χ1) is 6.63. The van der Waals surface area contributed by atoms with E-state index in [0.29, 0.717) is 16.5 Å². The topological polar surface area (TPSA) is 38.7 Å². The molecule has 0 unspecified atom stereocenters. The van der Waals surface area contributed by atoms with E-state index >= 15 is 0 Å². The second-order valence-electron chi connectivity index (χ2n) is 3.03. The maximum absolute atomic E-state index is 8.53. The van der Waals surface area contributed by atoms with Crippen LogP contribution < -0.4 is 9.39 Å². The van der Waals surface area contributed by atoms with E-state index in [2.05, 4.69) is 0 Å². The molecule has 0 bridgehead atoms. The van der Waals surface area contributed by atoms with E-state index in [-0.39, 0.29) is 13.8 Å². The van der Waals surface area contributed by atoms with Crippen molar-refractivity contribution in [2.75, 3.05) is 0 Å². The predicted molar refractivity (Wildman–Crippen MR) is 57.2 cm³/mol. The van der Waals surface area contributed by atoms with E-state index in [1.165, 1.54) is 0 Å². The number of hydrogen-bond acceptors (Lipinski definition) is 3. The maximum Gasteiger partial charge on any atom is 0.504 e. The first kappa shape index (κ1) is 11.2. The molecule has 0 aromatic heterocycles. The van der Waals surface area contributed by atoms with Crippen molar-refractivity contribution in [3.05, 3.63) is 23.2 Å². The third kappa shape index (κ3) is 3.12. The minimum absolute atomic E-state index is 0.0807. The van der Waals surface area contributed by atoms with Gasteiger partial charge in [0, 0.05) is 6.07 Å². The van der Waals surface area contributed by atoms with Gasteiger partial charge in [-0.05, 0) is 26.0 Å². The van der Waals surface area contributed by atoms with Crippen LogP contribution in [0.4, 0.5) is 0 Å². The molecule has 1 rings (SSSR count). The van der Waals surface area contributed by atoms with Gasteiger partial charge in [-0.1, -0.05) is 11.6 Å². The number of halogens is 1. The predicted octanol–water partition coefficient (Wildman–Crippen LogP) is 1.76. The fourth-order valence-electron chi connectivity index (χ4n) is 0.995. The molecule has 0 fully saturated rings. The molecule has 0 atom stereocenters. The van der Waals surface area contributed by atoms with E-state index in [1.807, 2.05) is 13.8 Å². The van der Waals surface area contributed by atoms with Crippen LogP contribution in [0, 0.1) is 0 Å². The van der Waals surface area contributed by atoms with Gasteiger partial charge in [-0.2, -0.15) is 0 Å². The maximum atomic E-state index is 8.53. The van der Waals surface area contributed by atoms with E-state index < -0.39 is 0 Å². The summed E-state index contributed by atoms with van der Waals surface area (Å²) in [6.07, 6.45) is 0.0807. The Kier molecular flexibility index (Phi) is 4.10. The summed E-state index contributed by atoms with van der Waals surface area (Å²) < 4.78 is 10.3. The second kappa shape index (κ2) is 5.12. The van der Waals surface area contributed by atoms with Gasteiger partial charge in [0.2, 0.25) is 0 Å². The van der Waals surface area contributed by atoms with E-state index in [4.69, 9.17) is 26.0 Å². The number of ether oxygens (including phenoxy) is 1. The van der Waals surface area contributed by atoms with Crippen molar-refractivity contribution < 1.29 is 14.4 Å². The molecule has 0 aliphatic carbocycles. The standard InChI is InChI=1S/C9H12BClO3/c1-6(2)13-9-4-3-7(14-10-12)5-8(9)11/h3-6,10,12H,1-2H3. The first-order valence-electron chi connectivity index (χ1n) is 4.33. The highest BCUT2D eigenvalue weighted by Gasteiger charge is 2.05. The van der Waals surface area contributed by atoms with Gasteiger partial charge in [0.05, 0.1) is 11.1 Å². The van der Waals surface area contributed by atoms with Crippen LogP contribution in [0.15, 0.2) is 18.2 Å². The molecule has 0 amide bonds. The Morgan fingerprint density at radius 2 is 2.14 bits per heavy atom. The zero-order valence-corrected chi connectivity index (χ0v) is 8.91. The molecule has 0 saturated carbocycles. The van der Waals surface area contributed by atoms with E-state index in [1.54, 1.807) is 18.2 Å². The molecule has 5 heteroatoms. The lowest BCUT2D eigenvalue weighted by Crippen LogP contribution is -2.06. The van der Waals surface area contributed by atoms with Crippen LogP contribution in [-0.2, 0) is 0 Å². The molecule has 0 spiro atoms. The number of hydrogen-bond donors (Lipinski definition) is 1. The van der Waals surface area contributed by atoms with Gasteiger partial charge in [-0.15, -0.1) is 0 Å². The van der Waals surface area contributed by atoms with Gasteiger partial charge < -0.3 is 14.4 Å². The van der Waals surface area contributed by atoms with Crippen LogP contribution >= 0.6 is 11.6 Å². The van der Waals surface area contributed by atoms with E-state index in [9.17, 15) is 0 Å². The highest BCUT2D eigenvalue weighted by Crippen LogP contribution is 2.29. The lowest BCUT2D eigenvalue weighted by atomic mass is 10.3. The van der Waals surface area contributed by atoms with E-state index in [0.717, 1.165) is 0 Å². The van der Waals surface area contributed by atoms with Crippen LogP contribution in [0.2, 0.25) is 5.02 Å². The molecule has 1 aromatic carbocycles. The molecule has 0 aliphatic rings. The molecule has 3 nitrogen and oxygen atoms in total. The summed E-state index contributed by atoms with van der Waals surface area (Å²) in [5.74, 6) is 1.14. The zero-order chi connectivity index (χ0) is 10.6. The minimum Gasteiger partial charge on any atom is -0.539 e. The Morgan fingerprint density at radius 3 is 2.64 bits per heavy atom. The smallest absolute Gasteiger partial charge is 0.504 e. The molecule has 0 heterocycles. The monoisotopic (exact) mass is 214 g/mol. The second-order valence-corrected chi connectivity index (χ2v) is 3.44. The number of benzene rings is 1. The molecule has 76 valence electrons. The Bertz CT molecular complexity index is 304. The van der Waals surface area contributed by atoms with Gasteiger partial charge >= 0.3 is 7.69 Å². The van der Waals surface area contributed by atoms with Gasteiger partial charge in [-0.25, -0.2) is 0 Å². The van der Waals surface area contributed by atoms with Gasteiger partial charge in [0.15, 0.2) is 0 Å². The minimum atomic E-state index is -0.360. The summed E-state index contributed by atoms with van der Waals surface area (Å²) in [4.78, 5) is 0. The summed E-state index contributed by atoms with van der Waals surface area (Å²) in [7, 11) is -0.360. The Morgan fingerprint density at radius 1 is 1.43 bits per heavy atom. The Hall–Kier alpha value is -0.865. The molecule has 0 radical (unpaired) electrons. The first-order valence-corrected chi connectivity index (χ1v) is 4.71. The molecule has 14 heavy (non-hydrogen) atoms. The number of rotatable bonds is 4. The van der Waals surface area contributed by atoms with Crippen molar-refractivity contribution in [1.82, 2.24) is 0 Å². The van der Waals surface area contributed by atoms with Crippen LogP contribution in [0.25, 0.3) is 0 Å². The van der Waals surface area contributed by atoms with Crippen molar-refractivity contribution in [2.45, 2.75) is 20.0 Å². The normalized spacial score (nSPS) is 10.1. The van der Waals surface area contributed by atoms with Crippen molar-refractivity contribution >= 4 is 19.3 Å². The largest absolute Gasteiger partial charge is 0.539 e. The summed E-state index contributed by atoms with van der Waals surface area (Å²) in [5.41, 5.74) is 0. The van der Waals surface area contributed by atoms with Gasteiger partial charge in [0.25, 0.3) is 0 Å². The van der Waals surface area contributed by atoms with Crippen LogP contribution in [-0.4, -0.2) is 18.8 Å². The molecule has 0 aliphatic heterocycles. The molecule has 1 aromatic rings. The van der Waals surface area contributed by atoms with Crippen molar-refractivity contribution in [2.24, 2.45) is 0 Å². The average Bonchev–Trinajstić information content (AvgIpc) is 2.10. The third-order valence-corrected chi connectivity index (χ3v) is 1.79. The SMILES string of the molecule is CC(C)Oc1ccc(OBO)cc1Cl. The third-order valence-electron chi connectivity index (χ3n) is 1.50. The Labute approximate surface area is 88.9 Å². The van der Waals surface area contributed by atoms with Crippen LogP contribution in [0.3, 0.4) is 0 Å². The summed E-state index contributed by atoms with van der Waals surface area (Å²) >= 11 is 5.92. The summed E-state index contributed by atoms with van der Waals surface area (Å²) in [6, 6.07) is 5.02. The zero-order valence-electron chi connectivity index (χ0n) is 8.16. The fourth-order valence-corrected chi connectivity index (χ4v) is 1.21. The Balaban J connectivity index is 2.79. The highest BCUT2D eigenvalue weighted by atomic mass is 35.5. The fraction of sp³-hybridized carbons (Fsp3) is 0.333. The molecular formula is C9H12BClO3. The van der Waals surface area contributed by atoms with Crippen LogP contribution in [0.1, 0.15) is 13.8 Å². The lowest BCUT2D eigenvalue weighted by Gasteiger charge is -2.12. The summed E-state index contributed by atoms with van der Waals surface area (Å²) in [5, 5.41) is 9.01. The van der Waals surface area contributed by atoms with Gasteiger partial charge in [0.1, 0.15) is 11.5 Å².